The van der Waals surface area contributed by atoms with Gasteiger partial charge in [-0.15, -0.1) is 0 Å². The fourth-order valence-electron chi connectivity index (χ4n) is 1.62. The number of hydrogen-bond donors (Lipinski definition) is 1. The summed E-state index contributed by atoms with van der Waals surface area (Å²) in [5, 5.41) is 3.24. The van der Waals surface area contributed by atoms with Crippen molar-refractivity contribution in [1.29, 1.82) is 0 Å². The van der Waals surface area contributed by atoms with Gasteiger partial charge in [0.2, 0.25) is 0 Å². The highest BCUT2D eigenvalue weighted by atomic mass is 35.5. The molecule has 0 fully saturated rings. The smallest absolute Gasteiger partial charge is 0.00761 e. The van der Waals surface area contributed by atoms with Crippen molar-refractivity contribution in [2.24, 2.45) is 0 Å². The number of hydrogen-bond acceptors (Lipinski definition) is 1. The third kappa shape index (κ3) is 4.91. The van der Waals surface area contributed by atoms with Crippen molar-refractivity contribution in [3.63, 3.8) is 0 Å². The standard InChI is InChI=1S/C16H20ClN/c1-13(6-4-5-11-17)16-9-7-15(8-10-16)12-14(2)18-3/h4-11,14,18H,1,12H2,2-3H3/b6-4-,11-5-/t14-/m1/s1. The van der Waals surface area contributed by atoms with Crippen LogP contribution in [0.25, 0.3) is 5.57 Å². The van der Waals surface area contributed by atoms with Crippen LogP contribution in [-0.4, -0.2) is 13.1 Å². The summed E-state index contributed by atoms with van der Waals surface area (Å²) in [4.78, 5) is 0. The molecule has 96 valence electrons. The van der Waals surface area contributed by atoms with E-state index in [1.807, 2.05) is 19.2 Å². The second-order valence-corrected chi connectivity index (χ2v) is 4.55. The summed E-state index contributed by atoms with van der Waals surface area (Å²) in [6.07, 6.45) is 6.64. The average Bonchev–Trinajstić information content (AvgIpc) is 2.39. The first-order chi connectivity index (χ1) is 8.67. The van der Waals surface area contributed by atoms with Crippen LogP contribution in [0.5, 0.6) is 0 Å². The second kappa shape index (κ2) is 7.91. The van der Waals surface area contributed by atoms with E-state index < -0.39 is 0 Å². The molecule has 1 aromatic carbocycles. The van der Waals surface area contributed by atoms with Crippen LogP contribution in [-0.2, 0) is 6.42 Å². The van der Waals surface area contributed by atoms with E-state index in [0.717, 1.165) is 17.6 Å². The lowest BCUT2D eigenvalue weighted by Gasteiger charge is -2.10. The molecule has 1 aromatic rings. The highest BCUT2D eigenvalue weighted by Crippen LogP contribution is 2.15. The van der Waals surface area contributed by atoms with Gasteiger partial charge in [-0.25, -0.2) is 0 Å². The molecule has 0 aliphatic carbocycles. The first-order valence-corrected chi connectivity index (χ1v) is 6.50. The lowest BCUT2D eigenvalue weighted by Crippen LogP contribution is -2.23. The largest absolute Gasteiger partial charge is 0.317 e. The monoisotopic (exact) mass is 261 g/mol. The van der Waals surface area contributed by atoms with Gasteiger partial charge >= 0.3 is 0 Å². The molecular formula is C16H20ClN. The van der Waals surface area contributed by atoms with Gasteiger partial charge in [-0.05, 0) is 37.1 Å². The maximum absolute atomic E-state index is 5.45. The van der Waals surface area contributed by atoms with E-state index in [0.29, 0.717) is 6.04 Å². The van der Waals surface area contributed by atoms with Crippen molar-refractivity contribution in [3.05, 3.63) is 65.7 Å². The summed E-state index contributed by atoms with van der Waals surface area (Å²) in [7, 11) is 1.98. The summed E-state index contributed by atoms with van der Waals surface area (Å²) in [5.74, 6) is 0. The third-order valence-corrected chi connectivity index (χ3v) is 2.99. The van der Waals surface area contributed by atoms with Crippen LogP contribution in [0.15, 0.2) is 54.6 Å². The summed E-state index contributed by atoms with van der Waals surface area (Å²) in [6, 6.07) is 9.01. The Labute approximate surface area is 115 Å². The van der Waals surface area contributed by atoms with E-state index in [-0.39, 0.29) is 0 Å². The van der Waals surface area contributed by atoms with E-state index in [1.54, 1.807) is 6.08 Å². The predicted octanol–water partition coefficient (Wildman–Crippen LogP) is 4.16. The van der Waals surface area contributed by atoms with Gasteiger partial charge in [0, 0.05) is 11.6 Å². The van der Waals surface area contributed by atoms with Gasteiger partial charge in [-0.1, -0.05) is 60.7 Å². The molecule has 0 heterocycles. The zero-order valence-corrected chi connectivity index (χ0v) is 11.7. The molecule has 1 atom stereocenters. The Morgan fingerprint density at radius 1 is 1.33 bits per heavy atom. The molecule has 0 saturated heterocycles. The molecule has 0 amide bonds. The molecule has 0 aliphatic heterocycles. The van der Waals surface area contributed by atoms with Gasteiger partial charge in [0.25, 0.3) is 0 Å². The fourth-order valence-corrected chi connectivity index (χ4v) is 1.70. The molecular weight excluding hydrogens is 242 g/mol. The molecule has 1 rings (SSSR count). The first kappa shape index (κ1) is 14.7. The van der Waals surface area contributed by atoms with Crippen molar-refractivity contribution in [2.75, 3.05) is 7.05 Å². The van der Waals surface area contributed by atoms with Crippen LogP contribution >= 0.6 is 11.6 Å². The molecule has 0 saturated carbocycles. The highest BCUT2D eigenvalue weighted by Gasteiger charge is 2.01. The van der Waals surface area contributed by atoms with Gasteiger partial charge in [0.1, 0.15) is 0 Å². The lowest BCUT2D eigenvalue weighted by atomic mass is 10.0. The topological polar surface area (TPSA) is 12.0 Å². The molecule has 0 radical (unpaired) electrons. The number of rotatable bonds is 6. The number of nitrogens with one attached hydrogen (secondary N) is 1. The Balaban J connectivity index is 2.67. The molecule has 0 unspecified atom stereocenters. The predicted molar refractivity (Wildman–Crippen MR) is 81.8 cm³/mol. The Kier molecular flexibility index (Phi) is 6.48. The lowest BCUT2D eigenvalue weighted by molar-refractivity contribution is 0.608. The summed E-state index contributed by atoms with van der Waals surface area (Å²) in [6.45, 7) is 6.20. The van der Waals surface area contributed by atoms with Crippen LogP contribution in [0.4, 0.5) is 0 Å². The van der Waals surface area contributed by atoms with Crippen molar-refractivity contribution in [1.82, 2.24) is 5.32 Å². The van der Waals surface area contributed by atoms with Crippen molar-refractivity contribution in [3.8, 4) is 0 Å². The SMILES string of the molecule is C=C(/C=C\C=C/Cl)c1ccc(C[C@@H](C)NC)cc1. The first-order valence-electron chi connectivity index (χ1n) is 6.06. The molecule has 18 heavy (non-hydrogen) atoms. The van der Waals surface area contributed by atoms with Crippen LogP contribution < -0.4 is 5.32 Å². The maximum atomic E-state index is 5.45. The van der Waals surface area contributed by atoms with Crippen LogP contribution in [0.2, 0.25) is 0 Å². The average molecular weight is 262 g/mol. The van der Waals surface area contributed by atoms with E-state index in [1.165, 1.54) is 11.1 Å². The number of allylic oxidation sites excluding steroid dienone is 4. The molecule has 0 aliphatic rings. The molecule has 1 nitrogen and oxygen atoms in total. The minimum atomic E-state index is 0.493. The van der Waals surface area contributed by atoms with Gasteiger partial charge in [-0.3, -0.25) is 0 Å². The van der Waals surface area contributed by atoms with Crippen LogP contribution in [0, 0.1) is 0 Å². The van der Waals surface area contributed by atoms with Crippen LogP contribution in [0.3, 0.4) is 0 Å². The summed E-state index contributed by atoms with van der Waals surface area (Å²) in [5.41, 5.74) is 4.93. The quantitative estimate of drug-likeness (QED) is 0.759. The van der Waals surface area contributed by atoms with Crippen molar-refractivity contribution < 1.29 is 0 Å². The molecule has 0 bridgehead atoms. The van der Waals surface area contributed by atoms with Crippen molar-refractivity contribution in [2.45, 2.75) is 19.4 Å². The fraction of sp³-hybridized carbons (Fsp3) is 0.250. The number of benzene rings is 1. The van der Waals surface area contributed by atoms with Gasteiger partial charge in [0.15, 0.2) is 0 Å². The van der Waals surface area contributed by atoms with Crippen molar-refractivity contribution >= 4 is 17.2 Å². The van der Waals surface area contributed by atoms with E-state index in [4.69, 9.17) is 11.6 Å². The maximum Gasteiger partial charge on any atom is 0.00761 e. The van der Waals surface area contributed by atoms with E-state index >= 15 is 0 Å². The van der Waals surface area contributed by atoms with E-state index in [2.05, 4.69) is 43.1 Å². The van der Waals surface area contributed by atoms with E-state index in [9.17, 15) is 0 Å². The van der Waals surface area contributed by atoms with Gasteiger partial charge in [0.05, 0.1) is 0 Å². The number of likely N-dealkylation sites (N-methyl/N-ethyl adjacent to an activating group) is 1. The van der Waals surface area contributed by atoms with Gasteiger partial charge < -0.3 is 5.32 Å². The molecule has 0 aromatic heterocycles. The Bertz CT molecular complexity index is 429. The molecule has 0 spiro atoms. The molecule has 2 heteroatoms. The van der Waals surface area contributed by atoms with Gasteiger partial charge in [-0.2, -0.15) is 0 Å². The molecule has 1 N–H and O–H groups in total. The Hall–Kier alpha value is -1.31. The highest BCUT2D eigenvalue weighted by molar-refractivity contribution is 6.25. The number of halogens is 1. The minimum Gasteiger partial charge on any atom is -0.317 e. The Morgan fingerprint density at radius 2 is 2.00 bits per heavy atom. The minimum absolute atomic E-state index is 0.493. The second-order valence-electron chi connectivity index (χ2n) is 4.29. The normalized spacial score (nSPS) is 13.3. The zero-order valence-electron chi connectivity index (χ0n) is 11.0. The van der Waals surface area contributed by atoms with Crippen LogP contribution in [0.1, 0.15) is 18.1 Å². The Morgan fingerprint density at radius 3 is 2.56 bits per heavy atom. The zero-order chi connectivity index (χ0) is 13.4. The third-order valence-electron chi connectivity index (χ3n) is 2.84. The summed E-state index contributed by atoms with van der Waals surface area (Å²) < 4.78 is 0. The summed E-state index contributed by atoms with van der Waals surface area (Å²) >= 11 is 5.45.